The molecule has 4 aromatic carbocycles. The van der Waals surface area contributed by atoms with Crippen LogP contribution in [-0.4, -0.2) is 19.7 Å². The van der Waals surface area contributed by atoms with Crippen LogP contribution in [0.5, 0.6) is 0 Å². The Morgan fingerprint density at radius 1 is 0.576 bits per heavy atom. The smallest absolute Gasteiger partial charge is 0.228 e. The maximum Gasteiger partial charge on any atom is 0.228 e. The Kier molecular flexibility index (Phi) is 5.35. The van der Waals surface area contributed by atoms with E-state index in [0.29, 0.717) is 0 Å². The lowest BCUT2D eigenvalue weighted by molar-refractivity contribution is -0.134. The van der Waals surface area contributed by atoms with Gasteiger partial charge in [0, 0.05) is 0 Å². The fraction of sp³-hybridized carbons (Fsp3) is 0.107. The molecule has 0 aliphatic carbocycles. The first-order valence-corrected chi connectivity index (χ1v) is 12.4. The number of β-lactam (4-membered cyclic amide) rings is 1. The van der Waals surface area contributed by atoms with Gasteiger partial charge in [-0.15, -0.1) is 0 Å². The average Bonchev–Trinajstić information content (AvgIpc) is 2.87. The zero-order chi connectivity index (χ0) is 22.9. The summed E-state index contributed by atoms with van der Waals surface area (Å²) in [7, 11) is -3.82. The lowest BCUT2D eigenvalue weighted by atomic mass is 9.59. The van der Waals surface area contributed by atoms with Crippen LogP contribution in [-0.2, 0) is 20.0 Å². The van der Waals surface area contributed by atoms with E-state index in [0.717, 1.165) is 16.7 Å². The maximum absolute atomic E-state index is 13.7. The van der Waals surface area contributed by atoms with E-state index >= 15 is 0 Å². The van der Waals surface area contributed by atoms with E-state index < -0.39 is 26.5 Å². The van der Waals surface area contributed by atoms with Crippen LogP contribution in [0.4, 0.5) is 0 Å². The highest BCUT2D eigenvalue weighted by molar-refractivity contribution is 7.92. The molecule has 1 heterocycles. The summed E-state index contributed by atoms with van der Waals surface area (Å²) < 4.78 is 27.4. The van der Waals surface area contributed by atoms with Crippen molar-refractivity contribution >= 4 is 15.7 Å². The number of sulfone groups is 1. The second kappa shape index (κ2) is 8.34. The van der Waals surface area contributed by atoms with Gasteiger partial charge in [-0.25, -0.2) is 8.42 Å². The molecule has 1 saturated heterocycles. The molecule has 33 heavy (non-hydrogen) atoms. The minimum absolute atomic E-state index is 0.197. The third kappa shape index (κ3) is 3.36. The van der Waals surface area contributed by atoms with Crippen LogP contribution in [0.25, 0.3) is 0 Å². The molecule has 2 atom stereocenters. The molecule has 0 unspecified atom stereocenters. The molecule has 0 aromatic heterocycles. The predicted molar refractivity (Wildman–Crippen MR) is 128 cm³/mol. The topological polar surface area (TPSA) is 63.2 Å². The normalized spacial score (nSPS) is 18.2. The number of carbonyl (C=O) groups excluding carboxylic acids is 1. The molecule has 1 N–H and O–H groups in total. The van der Waals surface area contributed by atoms with Gasteiger partial charge in [0.25, 0.3) is 0 Å². The third-order valence-electron chi connectivity index (χ3n) is 6.43. The zero-order valence-electron chi connectivity index (χ0n) is 17.8. The Morgan fingerprint density at radius 3 is 1.30 bits per heavy atom. The van der Waals surface area contributed by atoms with Gasteiger partial charge in [0.1, 0.15) is 5.37 Å². The van der Waals surface area contributed by atoms with Crippen molar-refractivity contribution in [2.24, 2.45) is 5.92 Å². The quantitative estimate of drug-likeness (QED) is 0.344. The van der Waals surface area contributed by atoms with Gasteiger partial charge in [-0.3, -0.25) is 4.79 Å². The van der Waals surface area contributed by atoms with Crippen LogP contribution >= 0.6 is 0 Å². The Labute approximate surface area is 193 Å². The monoisotopic (exact) mass is 453 g/mol. The second-order valence-electron chi connectivity index (χ2n) is 8.17. The van der Waals surface area contributed by atoms with Gasteiger partial charge < -0.3 is 5.32 Å². The molecule has 0 spiro atoms. The average molecular weight is 454 g/mol. The number of hydrogen-bond donors (Lipinski definition) is 1. The van der Waals surface area contributed by atoms with E-state index in [1.807, 2.05) is 91.0 Å². The fourth-order valence-electron chi connectivity index (χ4n) is 4.93. The summed E-state index contributed by atoms with van der Waals surface area (Å²) in [6.07, 6.45) is 0. The summed E-state index contributed by atoms with van der Waals surface area (Å²) in [5, 5.41) is 1.66. The summed E-state index contributed by atoms with van der Waals surface area (Å²) >= 11 is 0. The van der Waals surface area contributed by atoms with Gasteiger partial charge >= 0.3 is 0 Å². The zero-order valence-corrected chi connectivity index (χ0v) is 18.7. The summed E-state index contributed by atoms with van der Waals surface area (Å²) in [6.45, 7) is 0. The van der Waals surface area contributed by atoms with Crippen LogP contribution in [0.15, 0.2) is 126 Å². The first-order chi connectivity index (χ1) is 16.1. The van der Waals surface area contributed by atoms with Gasteiger partial charge in [0.15, 0.2) is 9.84 Å². The molecule has 5 rings (SSSR count). The Balaban J connectivity index is 1.80. The van der Waals surface area contributed by atoms with Crippen LogP contribution in [0.1, 0.15) is 16.7 Å². The molecular formula is C28H23NO3S. The Hall–Kier alpha value is -3.70. The standard InChI is InChI=1S/C28H23NO3S/c30-26-25(27(29-26)33(31,32)24-19-11-4-12-20-24)28(21-13-5-1-6-14-21,22-15-7-2-8-16-22)23-17-9-3-10-18-23/h1-20,25,27H,(H,29,30)/t25-,27+/m1/s1. The fourth-order valence-corrected chi connectivity index (χ4v) is 6.72. The van der Waals surface area contributed by atoms with Crippen LogP contribution in [0, 0.1) is 5.92 Å². The van der Waals surface area contributed by atoms with Crippen molar-refractivity contribution in [3.05, 3.63) is 138 Å². The minimum atomic E-state index is -3.82. The van der Waals surface area contributed by atoms with Gasteiger partial charge in [0.05, 0.1) is 16.2 Å². The molecule has 0 saturated carbocycles. The van der Waals surface area contributed by atoms with Crippen molar-refractivity contribution in [2.75, 3.05) is 0 Å². The molecule has 1 aliphatic heterocycles. The molecule has 1 aliphatic rings. The van der Waals surface area contributed by atoms with E-state index in [4.69, 9.17) is 0 Å². The number of amides is 1. The van der Waals surface area contributed by atoms with Crippen molar-refractivity contribution in [2.45, 2.75) is 15.7 Å². The number of hydrogen-bond acceptors (Lipinski definition) is 3. The van der Waals surface area contributed by atoms with E-state index in [-0.39, 0.29) is 10.8 Å². The van der Waals surface area contributed by atoms with E-state index in [1.165, 1.54) is 0 Å². The Bertz CT molecular complexity index is 1260. The summed E-state index contributed by atoms with van der Waals surface area (Å²) in [4.78, 5) is 13.5. The molecule has 5 heteroatoms. The minimum Gasteiger partial charge on any atom is -0.338 e. The Morgan fingerprint density at radius 2 is 0.939 bits per heavy atom. The summed E-state index contributed by atoms with van der Waals surface area (Å²) in [5.74, 6) is -1.13. The lowest BCUT2D eigenvalue weighted by Gasteiger charge is -2.50. The first-order valence-electron chi connectivity index (χ1n) is 10.8. The summed E-state index contributed by atoms with van der Waals surface area (Å²) in [6, 6.07) is 37.4. The largest absolute Gasteiger partial charge is 0.338 e. The SMILES string of the molecule is O=C1N[C@@H](S(=O)(=O)c2ccccc2)[C@@H]1C(c1ccccc1)(c1ccccc1)c1ccccc1. The molecule has 1 fully saturated rings. The summed E-state index contributed by atoms with van der Waals surface area (Å²) in [5.41, 5.74) is 1.63. The molecule has 0 radical (unpaired) electrons. The lowest BCUT2D eigenvalue weighted by Crippen LogP contribution is -2.68. The van der Waals surface area contributed by atoms with Crippen molar-refractivity contribution in [1.82, 2.24) is 5.32 Å². The number of carbonyl (C=O) groups is 1. The first kappa shape index (κ1) is 21.2. The van der Waals surface area contributed by atoms with Crippen LogP contribution in [0.2, 0.25) is 0 Å². The molecule has 164 valence electrons. The van der Waals surface area contributed by atoms with Crippen LogP contribution < -0.4 is 5.32 Å². The highest BCUT2D eigenvalue weighted by atomic mass is 32.2. The van der Waals surface area contributed by atoms with E-state index in [2.05, 4.69) is 5.32 Å². The highest BCUT2D eigenvalue weighted by Crippen LogP contribution is 2.50. The van der Waals surface area contributed by atoms with Gasteiger partial charge in [-0.05, 0) is 28.8 Å². The number of benzene rings is 4. The molecular weight excluding hydrogens is 430 g/mol. The van der Waals surface area contributed by atoms with E-state index in [9.17, 15) is 13.2 Å². The number of rotatable bonds is 6. The highest BCUT2D eigenvalue weighted by Gasteiger charge is 2.60. The predicted octanol–water partition coefficient (Wildman–Crippen LogP) is 4.57. The van der Waals surface area contributed by atoms with Crippen LogP contribution in [0.3, 0.4) is 0 Å². The second-order valence-corrected chi connectivity index (χ2v) is 10.2. The van der Waals surface area contributed by atoms with Gasteiger partial charge in [0.2, 0.25) is 5.91 Å². The maximum atomic E-state index is 13.7. The van der Waals surface area contributed by atoms with Crippen molar-refractivity contribution in [3.8, 4) is 0 Å². The van der Waals surface area contributed by atoms with Crippen molar-refractivity contribution in [3.63, 3.8) is 0 Å². The number of nitrogens with one attached hydrogen (secondary N) is 1. The third-order valence-corrected chi connectivity index (χ3v) is 8.42. The van der Waals surface area contributed by atoms with Gasteiger partial charge in [-0.2, -0.15) is 0 Å². The molecule has 0 bridgehead atoms. The van der Waals surface area contributed by atoms with Gasteiger partial charge in [-0.1, -0.05) is 109 Å². The molecule has 4 aromatic rings. The van der Waals surface area contributed by atoms with E-state index in [1.54, 1.807) is 30.3 Å². The molecule has 1 amide bonds. The van der Waals surface area contributed by atoms with Crippen molar-refractivity contribution in [1.29, 1.82) is 0 Å². The van der Waals surface area contributed by atoms with Crippen molar-refractivity contribution < 1.29 is 13.2 Å². The molecule has 4 nitrogen and oxygen atoms in total.